The van der Waals surface area contributed by atoms with Crippen LogP contribution < -0.4 is 10.0 Å². The number of carboxylic acids is 1. The maximum atomic E-state index is 14.4. The van der Waals surface area contributed by atoms with Crippen molar-refractivity contribution in [1.82, 2.24) is 10.0 Å². The normalized spacial score (nSPS) is 19.6. The SMILES string of the molecule is CC(C)(C)OC(=O)N[C@@H](Cc1ccc(C2CC(=O)NS2(=O)=O)c(F)c1)C(=O)O. The second-order valence-electron chi connectivity index (χ2n) is 7.36. The molecule has 9 nitrogen and oxygen atoms in total. The summed E-state index contributed by atoms with van der Waals surface area (Å²) >= 11 is 0. The molecule has 0 aliphatic carbocycles. The molecule has 0 bridgehead atoms. The molecular weight excluding hydrogens is 395 g/mol. The molecule has 0 radical (unpaired) electrons. The number of sulfonamides is 1. The average molecular weight is 416 g/mol. The minimum Gasteiger partial charge on any atom is -0.480 e. The summed E-state index contributed by atoms with van der Waals surface area (Å²) in [6.07, 6.45) is -1.57. The largest absolute Gasteiger partial charge is 0.480 e. The minimum absolute atomic E-state index is 0.186. The van der Waals surface area contributed by atoms with E-state index >= 15 is 0 Å². The van der Waals surface area contributed by atoms with Crippen LogP contribution in [-0.2, 0) is 30.8 Å². The van der Waals surface area contributed by atoms with Gasteiger partial charge in [0.15, 0.2) is 0 Å². The summed E-state index contributed by atoms with van der Waals surface area (Å²) in [5, 5.41) is 10.1. The number of benzene rings is 1. The fourth-order valence-electron chi connectivity index (χ4n) is 2.67. The molecule has 1 fully saturated rings. The smallest absolute Gasteiger partial charge is 0.408 e. The van der Waals surface area contributed by atoms with Crippen LogP contribution in [0.4, 0.5) is 9.18 Å². The van der Waals surface area contributed by atoms with Gasteiger partial charge < -0.3 is 15.2 Å². The van der Waals surface area contributed by atoms with Gasteiger partial charge in [0, 0.05) is 12.0 Å². The van der Waals surface area contributed by atoms with Crippen LogP contribution in [-0.4, -0.2) is 43.1 Å². The summed E-state index contributed by atoms with van der Waals surface area (Å²) in [4.78, 5) is 34.5. The number of carbonyl (C=O) groups excluding carboxylic acids is 2. The highest BCUT2D eigenvalue weighted by Gasteiger charge is 2.39. The van der Waals surface area contributed by atoms with E-state index in [1.807, 2.05) is 0 Å². The van der Waals surface area contributed by atoms with Crippen LogP contribution in [0.25, 0.3) is 0 Å². The van der Waals surface area contributed by atoms with Crippen molar-refractivity contribution in [3.8, 4) is 0 Å². The molecule has 0 aromatic heterocycles. The Bertz CT molecular complexity index is 909. The fraction of sp³-hybridized carbons (Fsp3) is 0.471. The molecule has 1 heterocycles. The Morgan fingerprint density at radius 2 is 2.04 bits per heavy atom. The molecule has 2 rings (SSSR count). The topological polar surface area (TPSA) is 139 Å². The zero-order chi connectivity index (χ0) is 21.3. The van der Waals surface area contributed by atoms with Crippen molar-refractivity contribution in [1.29, 1.82) is 0 Å². The second-order valence-corrected chi connectivity index (χ2v) is 9.22. The minimum atomic E-state index is -4.00. The van der Waals surface area contributed by atoms with Crippen LogP contribution in [0, 0.1) is 5.82 Å². The number of carboxylic acid groups (broad SMARTS) is 1. The summed E-state index contributed by atoms with van der Waals surface area (Å²) in [6.45, 7) is 4.85. The first-order chi connectivity index (χ1) is 12.8. The summed E-state index contributed by atoms with van der Waals surface area (Å²) < 4.78 is 45.0. The van der Waals surface area contributed by atoms with Gasteiger partial charge in [0.1, 0.15) is 22.7 Å². The maximum absolute atomic E-state index is 14.4. The molecule has 1 aromatic carbocycles. The molecule has 0 spiro atoms. The lowest BCUT2D eigenvalue weighted by Gasteiger charge is -2.22. The van der Waals surface area contributed by atoms with Crippen molar-refractivity contribution < 1.29 is 37.0 Å². The van der Waals surface area contributed by atoms with Crippen molar-refractivity contribution in [3.63, 3.8) is 0 Å². The Morgan fingerprint density at radius 3 is 2.50 bits per heavy atom. The number of carbonyl (C=O) groups is 3. The maximum Gasteiger partial charge on any atom is 0.408 e. The van der Waals surface area contributed by atoms with Crippen LogP contribution in [0.2, 0.25) is 0 Å². The number of halogens is 1. The lowest BCUT2D eigenvalue weighted by Crippen LogP contribution is -2.44. The Hall–Kier alpha value is -2.69. The monoisotopic (exact) mass is 416 g/mol. The van der Waals surface area contributed by atoms with E-state index in [0.29, 0.717) is 0 Å². The fourth-order valence-corrected chi connectivity index (χ4v) is 4.11. The second kappa shape index (κ2) is 7.74. The van der Waals surface area contributed by atoms with Crippen LogP contribution in [0.5, 0.6) is 0 Å². The molecule has 1 saturated heterocycles. The van der Waals surface area contributed by atoms with Crippen molar-refractivity contribution >= 4 is 28.0 Å². The first kappa shape index (κ1) is 21.6. The van der Waals surface area contributed by atoms with Crippen molar-refractivity contribution in [2.24, 2.45) is 0 Å². The quantitative estimate of drug-likeness (QED) is 0.656. The Balaban J connectivity index is 2.17. The molecule has 2 amide bonds. The number of aliphatic carboxylic acids is 1. The summed E-state index contributed by atoms with van der Waals surface area (Å²) in [7, 11) is -4.00. The van der Waals surface area contributed by atoms with Crippen molar-refractivity contribution in [2.75, 3.05) is 0 Å². The number of alkyl carbamates (subject to hydrolysis) is 1. The standard InChI is InChI=1S/C17H21FN2O7S/c1-17(2,3)27-16(24)19-12(15(22)23)7-9-4-5-10(11(18)6-9)13-8-14(21)20-28(13,25)26/h4-6,12-13H,7-8H2,1-3H3,(H,19,24)(H,20,21)(H,22,23)/t12-,13?/m0/s1. The number of hydrogen-bond acceptors (Lipinski definition) is 6. The van der Waals surface area contributed by atoms with E-state index in [1.165, 1.54) is 12.1 Å². The van der Waals surface area contributed by atoms with Crippen LogP contribution in [0.3, 0.4) is 0 Å². The highest BCUT2D eigenvalue weighted by Crippen LogP contribution is 2.32. The molecule has 1 aromatic rings. The number of nitrogens with one attached hydrogen (secondary N) is 2. The van der Waals surface area contributed by atoms with Gasteiger partial charge in [0.05, 0.1) is 6.42 Å². The van der Waals surface area contributed by atoms with Crippen molar-refractivity contribution in [2.45, 2.75) is 50.5 Å². The number of ether oxygens (including phenoxy) is 1. The van der Waals surface area contributed by atoms with Crippen LogP contribution >= 0.6 is 0 Å². The van der Waals surface area contributed by atoms with Gasteiger partial charge in [-0.25, -0.2) is 22.4 Å². The van der Waals surface area contributed by atoms with Crippen LogP contribution in [0.15, 0.2) is 18.2 Å². The van der Waals surface area contributed by atoms with Gasteiger partial charge in [0.2, 0.25) is 15.9 Å². The number of hydrogen-bond donors (Lipinski definition) is 3. The number of rotatable bonds is 5. The third kappa shape index (κ3) is 5.41. The van der Waals surface area contributed by atoms with E-state index in [-0.39, 0.29) is 17.5 Å². The van der Waals surface area contributed by atoms with E-state index < -0.39 is 57.1 Å². The molecule has 1 aliphatic rings. The van der Waals surface area contributed by atoms with Gasteiger partial charge in [-0.15, -0.1) is 0 Å². The Morgan fingerprint density at radius 1 is 1.39 bits per heavy atom. The Labute approximate surface area is 161 Å². The van der Waals surface area contributed by atoms with E-state index in [9.17, 15) is 32.3 Å². The lowest BCUT2D eigenvalue weighted by molar-refractivity contribution is -0.139. The molecule has 1 aliphatic heterocycles. The molecule has 28 heavy (non-hydrogen) atoms. The summed E-state index contributed by atoms with van der Waals surface area (Å²) in [5.74, 6) is -2.95. The van der Waals surface area contributed by atoms with Crippen molar-refractivity contribution in [3.05, 3.63) is 35.1 Å². The van der Waals surface area contributed by atoms with E-state index in [1.54, 1.807) is 25.5 Å². The zero-order valence-corrected chi connectivity index (χ0v) is 16.3. The first-order valence-corrected chi connectivity index (χ1v) is 9.88. The van der Waals surface area contributed by atoms with Gasteiger partial charge in [-0.2, -0.15) is 0 Å². The van der Waals surface area contributed by atoms with E-state index in [0.717, 1.165) is 6.07 Å². The third-order valence-corrected chi connectivity index (χ3v) is 5.52. The highest BCUT2D eigenvalue weighted by molar-refractivity contribution is 7.90. The highest BCUT2D eigenvalue weighted by atomic mass is 32.2. The molecule has 11 heteroatoms. The van der Waals surface area contributed by atoms with E-state index in [4.69, 9.17) is 4.74 Å². The molecule has 0 saturated carbocycles. The van der Waals surface area contributed by atoms with E-state index in [2.05, 4.69) is 5.32 Å². The van der Waals surface area contributed by atoms with Gasteiger partial charge in [-0.3, -0.25) is 9.52 Å². The zero-order valence-electron chi connectivity index (χ0n) is 15.5. The van der Waals surface area contributed by atoms with Gasteiger partial charge in [-0.1, -0.05) is 12.1 Å². The van der Waals surface area contributed by atoms with Gasteiger partial charge in [0.25, 0.3) is 0 Å². The van der Waals surface area contributed by atoms with Gasteiger partial charge in [-0.05, 0) is 32.4 Å². The van der Waals surface area contributed by atoms with Gasteiger partial charge >= 0.3 is 12.1 Å². The molecule has 154 valence electrons. The average Bonchev–Trinajstić information content (AvgIpc) is 2.77. The predicted octanol–water partition coefficient (Wildman–Crippen LogP) is 1.24. The third-order valence-electron chi connectivity index (χ3n) is 3.84. The lowest BCUT2D eigenvalue weighted by atomic mass is 10.0. The Kier molecular flexibility index (Phi) is 5.97. The molecular formula is C17H21FN2O7S. The summed E-state index contributed by atoms with van der Waals surface area (Å²) in [5.41, 5.74) is -0.785. The molecule has 3 N–H and O–H groups in total. The first-order valence-electron chi connectivity index (χ1n) is 8.33. The number of amides is 2. The summed E-state index contributed by atoms with van der Waals surface area (Å²) in [6, 6.07) is 2.15. The predicted molar refractivity (Wildman–Crippen MR) is 95.3 cm³/mol. The molecule has 1 unspecified atom stereocenters. The van der Waals surface area contributed by atoms with Crippen LogP contribution in [0.1, 0.15) is 43.6 Å². The molecule has 2 atom stereocenters.